The van der Waals surface area contributed by atoms with Gasteiger partial charge in [-0.25, -0.2) is 0 Å². The van der Waals surface area contributed by atoms with E-state index in [9.17, 15) is 9.90 Å². The van der Waals surface area contributed by atoms with Crippen LogP contribution in [0, 0.1) is 0 Å². The maximum atomic E-state index is 12.8. The minimum atomic E-state index is 0.0163. The van der Waals surface area contributed by atoms with Crippen LogP contribution in [-0.4, -0.2) is 23.4 Å². The molecule has 0 aliphatic rings. The van der Waals surface area contributed by atoms with Crippen LogP contribution in [0.4, 0.5) is 0 Å². The minimum absolute atomic E-state index is 0.0163. The van der Waals surface area contributed by atoms with Crippen LogP contribution in [0.1, 0.15) is 11.1 Å². The van der Waals surface area contributed by atoms with Gasteiger partial charge >= 0.3 is 0 Å². The lowest BCUT2D eigenvalue weighted by atomic mass is 10.0. The van der Waals surface area contributed by atoms with Gasteiger partial charge in [0.1, 0.15) is 0 Å². The van der Waals surface area contributed by atoms with Crippen molar-refractivity contribution in [2.75, 3.05) is 13.2 Å². The highest BCUT2D eigenvalue weighted by Gasteiger charge is 2.10. The Balaban J connectivity index is 2.34. The second-order valence-electron chi connectivity index (χ2n) is 5.00. The fourth-order valence-electron chi connectivity index (χ4n) is 2.63. The Kier molecular flexibility index (Phi) is 4.01. The summed E-state index contributed by atoms with van der Waals surface area (Å²) in [5, 5.41) is 19.6. The Morgan fingerprint density at radius 1 is 0.952 bits per heavy atom. The smallest absolute Gasteiger partial charge is 0.196 e. The van der Waals surface area contributed by atoms with Gasteiger partial charge in [-0.05, 0) is 42.2 Å². The summed E-state index contributed by atoms with van der Waals surface area (Å²) < 4.78 is 1.91. The zero-order chi connectivity index (χ0) is 14.8. The predicted molar refractivity (Wildman–Crippen MR) is 87.2 cm³/mol. The van der Waals surface area contributed by atoms with E-state index in [1.165, 1.54) is 0 Å². The summed E-state index contributed by atoms with van der Waals surface area (Å²) in [6.07, 6.45) is 1.04. The summed E-state index contributed by atoms with van der Waals surface area (Å²) in [6, 6.07) is 11.6. The van der Waals surface area contributed by atoms with Gasteiger partial charge in [0.2, 0.25) is 0 Å². The molecule has 0 amide bonds. The third kappa shape index (κ3) is 2.58. The predicted octanol–water partition coefficient (Wildman–Crippen LogP) is 2.48. The zero-order valence-electron chi connectivity index (χ0n) is 11.5. The molecule has 3 nitrogen and oxygen atoms in total. The van der Waals surface area contributed by atoms with E-state index in [2.05, 4.69) is 0 Å². The summed E-state index contributed by atoms with van der Waals surface area (Å²) in [7, 11) is 0. The molecule has 21 heavy (non-hydrogen) atoms. The van der Waals surface area contributed by atoms with Crippen LogP contribution in [0.25, 0.3) is 20.2 Å². The molecule has 0 unspecified atom stereocenters. The van der Waals surface area contributed by atoms with Crippen molar-refractivity contribution in [2.24, 2.45) is 0 Å². The summed E-state index contributed by atoms with van der Waals surface area (Å²) in [5.74, 6) is 0. The molecule has 0 spiro atoms. The minimum Gasteiger partial charge on any atom is -0.396 e. The second-order valence-corrected chi connectivity index (χ2v) is 6.08. The van der Waals surface area contributed by atoms with Gasteiger partial charge in [0, 0.05) is 33.4 Å². The summed E-state index contributed by atoms with van der Waals surface area (Å²) in [6.45, 7) is 0.109. The number of rotatable bonds is 4. The average molecular weight is 300 g/mol. The summed E-state index contributed by atoms with van der Waals surface area (Å²) in [5.41, 5.74) is 1.88. The molecule has 4 heteroatoms. The van der Waals surface area contributed by atoms with E-state index in [1.54, 1.807) is 11.3 Å². The van der Waals surface area contributed by atoms with Gasteiger partial charge in [-0.3, -0.25) is 4.79 Å². The molecule has 2 aromatic carbocycles. The van der Waals surface area contributed by atoms with Crippen LogP contribution in [0.2, 0.25) is 0 Å². The van der Waals surface area contributed by atoms with Crippen molar-refractivity contribution in [1.82, 2.24) is 0 Å². The monoisotopic (exact) mass is 300 g/mol. The lowest BCUT2D eigenvalue weighted by Gasteiger charge is -2.07. The highest BCUT2D eigenvalue weighted by molar-refractivity contribution is 7.24. The zero-order valence-corrected chi connectivity index (χ0v) is 12.3. The van der Waals surface area contributed by atoms with Gasteiger partial charge in [0.15, 0.2) is 5.43 Å². The van der Waals surface area contributed by atoms with Crippen LogP contribution in [0.15, 0.2) is 41.2 Å². The van der Waals surface area contributed by atoms with Crippen LogP contribution in [0.3, 0.4) is 0 Å². The molecule has 1 heterocycles. The SMILES string of the molecule is O=c1c2cc(CCO)ccc2sc2cccc(CCO)c12. The van der Waals surface area contributed by atoms with E-state index >= 15 is 0 Å². The fourth-order valence-corrected chi connectivity index (χ4v) is 3.74. The van der Waals surface area contributed by atoms with Crippen molar-refractivity contribution in [3.8, 4) is 0 Å². The van der Waals surface area contributed by atoms with Crippen molar-refractivity contribution in [3.63, 3.8) is 0 Å². The normalized spacial score (nSPS) is 11.3. The maximum absolute atomic E-state index is 12.8. The molecule has 1 aromatic heterocycles. The highest BCUT2D eigenvalue weighted by Crippen LogP contribution is 2.27. The molecular weight excluding hydrogens is 284 g/mol. The first kappa shape index (κ1) is 14.2. The Bertz CT molecular complexity index is 852. The van der Waals surface area contributed by atoms with Crippen molar-refractivity contribution >= 4 is 31.5 Å². The van der Waals surface area contributed by atoms with Crippen LogP contribution in [-0.2, 0) is 12.8 Å². The van der Waals surface area contributed by atoms with Crippen molar-refractivity contribution < 1.29 is 10.2 Å². The molecule has 0 saturated carbocycles. The molecule has 0 radical (unpaired) electrons. The van der Waals surface area contributed by atoms with Crippen molar-refractivity contribution in [2.45, 2.75) is 12.8 Å². The van der Waals surface area contributed by atoms with Gasteiger partial charge in [-0.2, -0.15) is 0 Å². The number of benzene rings is 2. The lowest BCUT2D eigenvalue weighted by Crippen LogP contribution is -2.06. The first-order valence-electron chi connectivity index (χ1n) is 6.93. The van der Waals surface area contributed by atoms with E-state index in [0.29, 0.717) is 23.6 Å². The quantitative estimate of drug-likeness (QED) is 0.728. The third-order valence-corrected chi connectivity index (χ3v) is 4.77. The van der Waals surface area contributed by atoms with Gasteiger partial charge < -0.3 is 10.2 Å². The Morgan fingerprint density at radius 3 is 2.52 bits per heavy atom. The third-order valence-electron chi connectivity index (χ3n) is 3.63. The topological polar surface area (TPSA) is 57.5 Å². The second kappa shape index (κ2) is 5.93. The molecule has 108 valence electrons. The van der Waals surface area contributed by atoms with E-state index in [4.69, 9.17) is 5.11 Å². The first-order chi connectivity index (χ1) is 10.2. The van der Waals surface area contributed by atoms with Crippen molar-refractivity contribution in [1.29, 1.82) is 0 Å². The number of hydrogen-bond acceptors (Lipinski definition) is 4. The van der Waals surface area contributed by atoms with E-state index in [-0.39, 0.29) is 18.6 Å². The molecule has 0 bridgehead atoms. The largest absolute Gasteiger partial charge is 0.396 e. The summed E-state index contributed by atoms with van der Waals surface area (Å²) >= 11 is 1.59. The molecule has 0 saturated heterocycles. The number of aliphatic hydroxyl groups excluding tert-OH is 2. The molecule has 2 N–H and O–H groups in total. The Labute approximate surface area is 126 Å². The number of fused-ring (bicyclic) bond motifs is 2. The fraction of sp³-hybridized carbons (Fsp3) is 0.235. The maximum Gasteiger partial charge on any atom is 0.196 e. The molecule has 0 aliphatic heterocycles. The van der Waals surface area contributed by atoms with E-state index in [1.807, 2.05) is 36.4 Å². The summed E-state index contributed by atoms with van der Waals surface area (Å²) in [4.78, 5) is 12.8. The molecule has 0 atom stereocenters. The Hall–Kier alpha value is -1.75. The van der Waals surface area contributed by atoms with Gasteiger partial charge in [-0.1, -0.05) is 18.2 Å². The van der Waals surface area contributed by atoms with Gasteiger partial charge in [0.25, 0.3) is 0 Å². The number of hydrogen-bond donors (Lipinski definition) is 2. The first-order valence-corrected chi connectivity index (χ1v) is 7.75. The average Bonchev–Trinajstić information content (AvgIpc) is 2.49. The van der Waals surface area contributed by atoms with Crippen LogP contribution in [0.5, 0.6) is 0 Å². The standard InChI is InChI=1S/C17H16O3S/c18-8-6-11-4-5-14-13(10-11)17(20)16-12(7-9-19)2-1-3-15(16)21-14/h1-5,10,18-19H,6-9H2. The van der Waals surface area contributed by atoms with E-state index in [0.717, 1.165) is 20.5 Å². The van der Waals surface area contributed by atoms with Crippen LogP contribution < -0.4 is 5.43 Å². The van der Waals surface area contributed by atoms with Gasteiger partial charge in [-0.15, -0.1) is 11.3 Å². The van der Waals surface area contributed by atoms with Crippen molar-refractivity contribution in [3.05, 3.63) is 57.7 Å². The van der Waals surface area contributed by atoms with Crippen LogP contribution >= 0.6 is 11.3 Å². The molecule has 0 fully saturated rings. The Morgan fingerprint density at radius 2 is 1.76 bits per heavy atom. The molecule has 3 rings (SSSR count). The molecular formula is C17H16O3S. The molecule has 3 aromatic rings. The number of aliphatic hydroxyl groups is 2. The highest BCUT2D eigenvalue weighted by atomic mass is 32.1. The van der Waals surface area contributed by atoms with Gasteiger partial charge in [0.05, 0.1) is 0 Å². The van der Waals surface area contributed by atoms with E-state index < -0.39 is 0 Å². The lowest BCUT2D eigenvalue weighted by molar-refractivity contribution is 0.299. The molecule has 0 aliphatic carbocycles.